The van der Waals surface area contributed by atoms with Gasteiger partial charge in [0.25, 0.3) is 5.91 Å². The van der Waals surface area contributed by atoms with Gasteiger partial charge in [-0.3, -0.25) is 9.59 Å². The van der Waals surface area contributed by atoms with Crippen molar-refractivity contribution in [3.05, 3.63) is 99.3 Å². The minimum Gasteiger partial charge on any atom is -0.361 e. The Morgan fingerprint density at radius 2 is 1.91 bits per heavy atom. The average Bonchev–Trinajstić information content (AvgIpc) is 3.52. The molecular formula is C28H26ClN3O2. The third kappa shape index (κ3) is 3.07. The summed E-state index contributed by atoms with van der Waals surface area (Å²) in [6.45, 7) is 1.03. The van der Waals surface area contributed by atoms with Crippen LogP contribution in [0.15, 0.2) is 60.8 Å². The van der Waals surface area contributed by atoms with Crippen LogP contribution in [0.1, 0.15) is 57.6 Å². The molecule has 6 rings (SSSR count). The molecule has 2 aromatic carbocycles. The zero-order valence-corrected chi connectivity index (χ0v) is 19.6. The Labute approximate surface area is 204 Å². The van der Waals surface area contributed by atoms with E-state index in [9.17, 15) is 9.59 Å². The number of hydrogen-bond donors (Lipinski definition) is 1. The van der Waals surface area contributed by atoms with Crippen LogP contribution in [0.25, 0.3) is 6.08 Å². The molecule has 3 aromatic rings. The SMILES string of the molecule is O=C(CCCc1c[nH]c2c1CCC=C2)N1CCN2C(=O)c3ccccc3C12c1ccc(Cl)cc1. The quantitative estimate of drug-likeness (QED) is 0.559. The maximum absolute atomic E-state index is 13.7. The Kier molecular flexibility index (Phi) is 5.10. The predicted molar refractivity (Wildman–Crippen MR) is 133 cm³/mol. The lowest BCUT2D eigenvalue weighted by molar-refractivity contribution is -0.136. The third-order valence-electron chi connectivity index (χ3n) is 7.45. The van der Waals surface area contributed by atoms with Gasteiger partial charge >= 0.3 is 0 Å². The highest BCUT2D eigenvalue weighted by molar-refractivity contribution is 6.30. The molecule has 0 radical (unpaired) electrons. The van der Waals surface area contributed by atoms with Gasteiger partial charge in [-0.05, 0) is 61.1 Å². The second kappa shape index (κ2) is 8.17. The summed E-state index contributed by atoms with van der Waals surface area (Å²) >= 11 is 6.19. The van der Waals surface area contributed by atoms with E-state index in [4.69, 9.17) is 11.6 Å². The lowest BCUT2D eigenvalue weighted by Gasteiger charge is -2.40. The Bertz CT molecular complexity index is 1310. The van der Waals surface area contributed by atoms with Crippen LogP contribution in [0.3, 0.4) is 0 Å². The van der Waals surface area contributed by atoms with Crippen molar-refractivity contribution in [1.29, 1.82) is 0 Å². The first-order valence-corrected chi connectivity index (χ1v) is 12.3. The molecule has 0 saturated carbocycles. The summed E-state index contributed by atoms with van der Waals surface area (Å²) in [6, 6.07) is 15.2. The molecular weight excluding hydrogens is 446 g/mol. The number of nitrogens with one attached hydrogen (secondary N) is 1. The fourth-order valence-electron chi connectivity index (χ4n) is 5.96. The van der Waals surface area contributed by atoms with Crippen molar-refractivity contribution in [1.82, 2.24) is 14.8 Å². The Hall–Kier alpha value is -3.31. The average molecular weight is 472 g/mol. The summed E-state index contributed by atoms with van der Waals surface area (Å²) in [5.41, 5.74) is 5.42. The Morgan fingerprint density at radius 1 is 1.09 bits per heavy atom. The number of aromatic nitrogens is 1. The predicted octanol–water partition coefficient (Wildman–Crippen LogP) is 5.15. The number of carbonyl (C=O) groups excluding carboxylic acids is 2. The van der Waals surface area contributed by atoms with E-state index in [0.717, 1.165) is 36.8 Å². The number of rotatable bonds is 5. The van der Waals surface area contributed by atoms with E-state index in [2.05, 4.69) is 23.3 Å². The first-order valence-electron chi connectivity index (χ1n) is 11.9. The number of aromatic amines is 1. The van der Waals surface area contributed by atoms with Gasteiger partial charge in [0, 0.05) is 53.1 Å². The molecule has 6 heteroatoms. The molecule has 1 unspecified atom stereocenters. The zero-order chi connectivity index (χ0) is 23.3. The van der Waals surface area contributed by atoms with Gasteiger partial charge in [-0.25, -0.2) is 0 Å². The Balaban J connectivity index is 1.31. The molecule has 5 nitrogen and oxygen atoms in total. The highest BCUT2D eigenvalue weighted by Crippen LogP contribution is 2.50. The van der Waals surface area contributed by atoms with Crippen molar-refractivity contribution >= 4 is 29.5 Å². The van der Waals surface area contributed by atoms with Crippen molar-refractivity contribution in [3.63, 3.8) is 0 Å². The van der Waals surface area contributed by atoms with E-state index in [1.54, 1.807) is 0 Å². The molecule has 0 spiro atoms. The first kappa shape index (κ1) is 21.2. The molecule has 3 heterocycles. The van der Waals surface area contributed by atoms with E-state index < -0.39 is 5.66 Å². The largest absolute Gasteiger partial charge is 0.361 e. The molecule has 3 aliphatic rings. The van der Waals surface area contributed by atoms with E-state index in [1.807, 2.05) is 58.3 Å². The summed E-state index contributed by atoms with van der Waals surface area (Å²) in [6.07, 6.45) is 10.6. The third-order valence-corrected chi connectivity index (χ3v) is 7.70. The number of fused-ring (bicyclic) bond motifs is 4. The summed E-state index contributed by atoms with van der Waals surface area (Å²) < 4.78 is 0. The van der Waals surface area contributed by atoms with Gasteiger partial charge in [-0.15, -0.1) is 0 Å². The van der Waals surface area contributed by atoms with Gasteiger partial charge in [0.2, 0.25) is 5.91 Å². The molecule has 34 heavy (non-hydrogen) atoms. The zero-order valence-electron chi connectivity index (χ0n) is 18.9. The van der Waals surface area contributed by atoms with Gasteiger partial charge < -0.3 is 14.8 Å². The van der Waals surface area contributed by atoms with E-state index in [0.29, 0.717) is 30.1 Å². The minimum atomic E-state index is -0.909. The molecule has 2 aliphatic heterocycles. The van der Waals surface area contributed by atoms with Gasteiger partial charge in [0.15, 0.2) is 5.66 Å². The highest BCUT2D eigenvalue weighted by atomic mass is 35.5. The number of amides is 2. The number of halogens is 1. The van der Waals surface area contributed by atoms with Gasteiger partial charge in [0.05, 0.1) is 0 Å². The van der Waals surface area contributed by atoms with Crippen LogP contribution in [0.5, 0.6) is 0 Å². The minimum absolute atomic E-state index is 0.0205. The Morgan fingerprint density at radius 3 is 2.76 bits per heavy atom. The molecule has 1 N–H and O–H groups in total. The molecule has 1 atom stereocenters. The lowest BCUT2D eigenvalue weighted by Crippen LogP contribution is -2.51. The molecule has 1 saturated heterocycles. The smallest absolute Gasteiger partial charge is 0.256 e. The fourth-order valence-corrected chi connectivity index (χ4v) is 6.08. The van der Waals surface area contributed by atoms with Crippen LogP contribution in [0.4, 0.5) is 0 Å². The monoisotopic (exact) mass is 471 g/mol. The molecule has 172 valence electrons. The lowest BCUT2D eigenvalue weighted by atomic mass is 9.89. The van der Waals surface area contributed by atoms with Crippen LogP contribution >= 0.6 is 11.6 Å². The first-order chi connectivity index (χ1) is 16.6. The summed E-state index contributed by atoms with van der Waals surface area (Å²) in [4.78, 5) is 34.2. The summed E-state index contributed by atoms with van der Waals surface area (Å²) in [5.74, 6) is 0.0547. The fraction of sp³-hybridized carbons (Fsp3) is 0.286. The number of aryl methyl sites for hydroxylation is 1. The maximum Gasteiger partial charge on any atom is 0.256 e. The molecule has 1 aromatic heterocycles. The van der Waals surface area contributed by atoms with Gasteiger partial charge in [-0.1, -0.05) is 48.0 Å². The molecule has 2 amide bonds. The van der Waals surface area contributed by atoms with Crippen LogP contribution in [-0.4, -0.2) is 39.7 Å². The molecule has 1 aliphatic carbocycles. The molecule has 0 bridgehead atoms. The number of benzene rings is 2. The maximum atomic E-state index is 13.7. The normalized spacial score (nSPS) is 20.4. The number of allylic oxidation sites excluding steroid dienone is 1. The van der Waals surface area contributed by atoms with E-state index in [-0.39, 0.29) is 11.8 Å². The van der Waals surface area contributed by atoms with Crippen molar-refractivity contribution in [2.45, 2.75) is 37.8 Å². The van der Waals surface area contributed by atoms with Crippen LogP contribution in [0, 0.1) is 0 Å². The number of H-pyrrole nitrogens is 1. The van der Waals surface area contributed by atoms with Crippen LogP contribution < -0.4 is 0 Å². The second-order valence-electron chi connectivity index (χ2n) is 9.23. The summed E-state index contributed by atoms with van der Waals surface area (Å²) in [5, 5.41) is 0.630. The number of hydrogen-bond acceptors (Lipinski definition) is 2. The second-order valence-corrected chi connectivity index (χ2v) is 9.66. The standard InChI is InChI=1S/C28H26ClN3O2/c29-21-14-12-20(13-15-21)28-24-9-3-1-8-23(24)27(34)32(28)17-16-31(28)26(33)11-5-6-19-18-30-25-10-4-2-7-22(19)25/h1,3-4,8-10,12-15,18,30H,2,5-7,11,16-17H2. The van der Waals surface area contributed by atoms with Crippen molar-refractivity contribution in [2.24, 2.45) is 0 Å². The van der Waals surface area contributed by atoms with Crippen LogP contribution in [-0.2, 0) is 23.3 Å². The molecule has 1 fully saturated rings. The number of carbonyl (C=O) groups is 2. The van der Waals surface area contributed by atoms with Crippen LogP contribution in [0.2, 0.25) is 5.02 Å². The topological polar surface area (TPSA) is 56.4 Å². The summed E-state index contributed by atoms with van der Waals surface area (Å²) in [7, 11) is 0. The highest BCUT2D eigenvalue weighted by Gasteiger charge is 2.59. The number of nitrogens with zero attached hydrogens (tertiary/aromatic N) is 2. The van der Waals surface area contributed by atoms with Crippen molar-refractivity contribution in [3.8, 4) is 0 Å². The van der Waals surface area contributed by atoms with Gasteiger partial charge in [-0.2, -0.15) is 0 Å². The van der Waals surface area contributed by atoms with E-state index >= 15 is 0 Å². The van der Waals surface area contributed by atoms with Crippen molar-refractivity contribution in [2.75, 3.05) is 13.1 Å². The van der Waals surface area contributed by atoms with Crippen molar-refractivity contribution < 1.29 is 9.59 Å². The van der Waals surface area contributed by atoms with Gasteiger partial charge in [0.1, 0.15) is 0 Å². The van der Waals surface area contributed by atoms with E-state index in [1.165, 1.54) is 16.8 Å².